The Bertz CT molecular complexity index is 580. The highest BCUT2D eigenvalue weighted by Crippen LogP contribution is 2.32. The molecular formula is C12H11ClFN3O2. The van der Waals surface area contributed by atoms with Crippen LogP contribution >= 0.6 is 11.6 Å². The van der Waals surface area contributed by atoms with Gasteiger partial charge in [-0.3, -0.25) is 4.79 Å². The predicted octanol–water partition coefficient (Wildman–Crippen LogP) is 1.59. The highest BCUT2D eigenvalue weighted by atomic mass is 35.5. The maximum absolute atomic E-state index is 13.9. The Hall–Kier alpha value is -2.08. The summed E-state index contributed by atoms with van der Waals surface area (Å²) in [5.74, 6) is -1.37. The zero-order chi connectivity index (χ0) is 14.2. The molecule has 2 rings (SSSR count). The van der Waals surface area contributed by atoms with Crippen molar-refractivity contribution in [2.45, 2.75) is 13.0 Å². The molecule has 0 fully saturated rings. The normalized spacial score (nSPS) is 18.9. The van der Waals surface area contributed by atoms with Gasteiger partial charge in [-0.25, -0.2) is 9.18 Å². The molecule has 0 saturated heterocycles. The van der Waals surface area contributed by atoms with E-state index in [2.05, 4.69) is 10.6 Å². The Labute approximate surface area is 113 Å². The standard InChI is InChI=1S/C12H11ClFN3O2/c1-5-8(11(15)18)10(17-12(19)16-5)9-6(13)3-2-4-7(9)14/h2-4,10H,1H3,(H2,15,18)(H2,16,17,19). The number of nitrogens with one attached hydrogen (secondary N) is 2. The summed E-state index contributed by atoms with van der Waals surface area (Å²) in [6.07, 6.45) is 0. The van der Waals surface area contributed by atoms with Gasteiger partial charge < -0.3 is 16.4 Å². The number of benzene rings is 1. The van der Waals surface area contributed by atoms with Gasteiger partial charge in [0.25, 0.3) is 0 Å². The number of rotatable bonds is 2. The smallest absolute Gasteiger partial charge is 0.319 e. The number of hydrogen-bond acceptors (Lipinski definition) is 2. The van der Waals surface area contributed by atoms with Crippen molar-refractivity contribution in [1.82, 2.24) is 10.6 Å². The lowest BCUT2D eigenvalue weighted by Crippen LogP contribution is -2.46. The fourth-order valence-corrected chi connectivity index (χ4v) is 2.30. The van der Waals surface area contributed by atoms with E-state index in [-0.39, 0.29) is 21.9 Å². The molecule has 1 heterocycles. The number of allylic oxidation sites excluding steroid dienone is 1. The van der Waals surface area contributed by atoms with Crippen LogP contribution < -0.4 is 16.4 Å². The number of hydrogen-bond donors (Lipinski definition) is 3. The zero-order valence-corrected chi connectivity index (χ0v) is 10.7. The number of carbonyl (C=O) groups excluding carboxylic acids is 2. The van der Waals surface area contributed by atoms with Gasteiger partial charge in [0.2, 0.25) is 5.91 Å². The average Bonchev–Trinajstić information content (AvgIpc) is 2.26. The summed E-state index contributed by atoms with van der Waals surface area (Å²) in [5, 5.41) is 4.97. The van der Waals surface area contributed by atoms with Crippen molar-refractivity contribution in [3.8, 4) is 0 Å². The monoisotopic (exact) mass is 283 g/mol. The van der Waals surface area contributed by atoms with E-state index in [1.165, 1.54) is 25.1 Å². The van der Waals surface area contributed by atoms with Gasteiger partial charge in [0.05, 0.1) is 11.6 Å². The van der Waals surface area contributed by atoms with Crippen LogP contribution in [-0.2, 0) is 4.79 Å². The highest BCUT2D eigenvalue weighted by Gasteiger charge is 2.32. The Kier molecular flexibility index (Phi) is 3.44. The molecule has 0 spiro atoms. The Morgan fingerprint density at radius 2 is 2.16 bits per heavy atom. The number of amides is 3. The van der Waals surface area contributed by atoms with E-state index in [1.54, 1.807) is 0 Å². The van der Waals surface area contributed by atoms with Gasteiger partial charge >= 0.3 is 6.03 Å². The largest absolute Gasteiger partial charge is 0.366 e. The molecule has 1 aliphatic rings. The molecule has 0 saturated carbocycles. The minimum Gasteiger partial charge on any atom is -0.366 e. The molecule has 0 aliphatic carbocycles. The molecule has 1 aliphatic heterocycles. The van der Waals surface area contributed by atoms with Crippen LogP contribution in [0.5, 0.6) is 0 Å². The SMILES string of the molecule is CC1=C(C(N)=O)C(c2c(F)cccc2Cl)NC(=O)N1. The molecule has 1 aromatic rings. The molecule has 100 valence electrons. The maximum atomic E-state index is 13.9. The number of urea groups is 1. The summed E-state index contributed by atoms with van der Waals surface area (Å²) in [6, 6.07) is 2.56. The molecule has 1 unspecified atom stereocenters. The van der Waals surface area contributed by atoms with Crippen molar-refractivity contribution in [3.63, 3.8) is 0 Å². The van der Waals surface area contributed by atoms with Crippen molar-refractivity contribution < 1.29 is 14.0 Å². The Balaban J connectivity index is 2.62. The van der Waals surface area contributed by atoms with Gasteiger partial charge in [0, 0.05) is 16.3 Å². The number of nitrogens with two attached hydrogens (primary N) is 1. The van der Waals surface area contributed by atoms with Gasteiger partial charge in [-0.2, -0.15) is 0 Å². The summed E-state index contributed by atoms with van der Waals surface area (Å²) in [4.78, 5) is 23.0. The molecule has 0 radical (unpaired) electrons. The van der Waals surface area contributed by atoms with E-state index in [1.807, 2.05) is 0 Å². The first kappa shape index (κ1) is 13.4. The van der Waals surface area contributed by atoms with E-state index in [0.29, 0.717) is 0 Å². The van der Waals surface area contributed by atoms with E-state index < -0.39 is 23.8 Å². The molecule has 4 N–H and O–H groups in total. The predicted molar refractivity (Wildman–Crippen MR) is 67.7 cm³/mol. The second kappa shape index (κ2) is 4.89. The van der Waals surface area contributed by atoms with Crippen LogP contribution in [0.2, 0.25) is 5.02 Å². The lowest BCUT2D eigenvalue weighted by Gasteiger charge is -2.28. The summed E-state index contributed by atoms with van der Waals surface area (Å²) in [5.41, 5.74) is 5.65. The summed E-state index contributed by atoms with van der Waals surface area (Å²) < 4.78 is 13.9. The fourth-order valence-electron chi connectivity index (χ4n) is 2.02. The minimum absolute atomic E-state index is 0.0205. The van der Waals surface area contributed by atoms with Crippen molar-refractivity contribution in [1.29, 1.82) is 0 Å². The minimum atomic E-state index is -1.00. The number of primary amides is 1. The van der Waals surface area contributed by atoms with Crippen molar-refractivity contribution in [2.24, 2.45) is 5.73 Å². The quantitative estimate of drug-likeness (QED) is 0.770. The summed E-state index contributed by atoms with van der Waals surface area (Å²) >= 11 is 5.94. The fraction of sp³-hybridized carbons (Fsp3) is 0.167. The molecule has 0 aromatic heterocycles. The van der Waals surface area contributed by atoms with E-state index >= 15 is 0 Å². The van der Waals surface area contributed by atoms with Crippen molar-refractivity contribution in [3.05, 3.63) is 45.9 Å². The molecule has 3 amide bonds. The third-order valence-corrected chi connectivity index (χ3v) is 3.15. The Morgan fingerprint density at radius 3 is 2.74 bits per heavy atom. The lowest BCUT2D eigenvalue weighted by atomic mass is 9.94. The van der Waals surface area contributed by atoms with E-state index in [0.717, 1.165) is 0 Å². The van der Waals surface area contributed by atoms with Crippen molar-refractivity contribution in [2.75, 3.05) is 0 Å². The third-order valence-electron chi connectivity index (χ3n) is 2.82. The Morgan fingerprint density at radius 1 is 1.47 bits per heavy atom. The molecular weight excluding hydrogens is 273 g/mol. The van der Waals surface area contributed by atoms with Crippen LogP contribution in [-0.4, -0.2) is 11.9 Å². The molecule has 7 heteroatoms. The first-order valence-corrected chi connectivity index (χ1v) is 5.81. The maximum Gasteiger partial charge on any atom is 0.319 e. The van der Waals surface area contributed by atoms with E-state index in [4.69, 9.17) is 17.3 Å². The third kappa shape index (κ3) is 2.39. The van der Waals surface area contributed by atoms with Crippen LogP contribution in [0.3, 0.4) is 0 Å². The molecule has 5 nitrogen and oxygen atoms in total. The first-order valence-electron chi connectivity index (χ1n) is 5.43. The average molecular weight is 284 g/mol. The number of carbonyl (C=O) groups is 2. The van der Waals surface area contributed by atoms with Crippen LogP contribution in [0.4, 0.5) is 9.18 Å². The summed E-state index contributed by atoms with van der Waals surface area (Å²) in [6.45, 7) is 1.51. The molecule has 0 bridgehead atoms. The van der Waals surface area contributed by atoms with Gasteiger partial charge in [-0.15, -0.1) is 0 Å². The number of halogens is 2. The zero-order valence-electron chi connectivity index (χ0n) is 9.96. The molecule has 1 aromatic carbocycles. The molecule has 1 atom stereocenters. The van der Waals surface area contributed by atoms with Gasteiger partial charge in [-0.05, 0) is 19.1 Å². The first-order chi connectivity index (χ1) is 8.91. The van der Waals surface area contributed by atoms with Gasteiger partial charge in [-0.1, -0.05) is 17.7 Å². The van der Waals surface area contributed by atoms with Crippen molar-refractivity contribution >= 4 is 23.5 Å². The lowest BCUT2D eigenvalue weighted by molar-refractivity contribution is -0.115. The second-order valence-electron chi connectivity index (χ2n) is 4.07. The highest BCUT2D eigenvalue weighted by molar-refractivity contribution is 6.31. The van der Waals surface area contributed by atoms with Crippen LogP contribution in [0.25, 0.3) is 0 Å². The van der Waals surface area contributed by atoms with Gasteiger partial charge in [0.15, 0.2) is 0 Å². The van der Waals surface area contributed by atoms with Gasteiger partial charge in [0.1, 0.15) is 5.82 Å². The van der Waals surface area contributed by atoms with Crippen LogP contribution in [0.15, 0.2) is 29.5 Å². The van der Waals surface area contributed by atoms with Crippen LogP contribution in [0.1, 0.15) is 18.5 Å². The topological polar surface area (TPSA) is 84.2 Å². The second-order valence-corrected chi connectivity index (χ2v) is 4.48. The van der Waals surface area contributed by atoms with Crippen LogP contribution in [0, 0.1) is 5.82 Å². The molecule has 19 heavy (non-hydrogen) atoms. The van der Waals surface area contributed by atoms with E-state index in [9.17, 15) is 14.0 Å². The summed E-state index contributed by atoms with van der Waals surface area (Å²) in [7, 11) is 0.